The first kappa shape index (κ1) is 24.6. The van der Waals surface area contributed by atoms with Crippen LogP contribution in [0.25, 0.3) is 0 Å². The third-order valence-corrected chi connectivity index (χ3v) is 6.11. The maximum Gasteiger partial charge on any atom is 0.249 e. The molecule has 1 heterocycles. The van der Waals surface area contributed by atoms with Gasteiger partial charge in [0, 0.05) is 27.3 Å². The van der Waals surface area contributed by atoms with Gasteiger partial charge in [-0.25, -0.2) is 13.4 Å². The number of hydrogen-bond acceptors (Lipinski definition) is 7. The second kappa shape index (κ2) is 11.6. The SMILES string of the molecule is C=CCN(Cc1cnc(S(=O)(=O)Cc2cccc(OC)c2)n1CCOC)C(=O)COC. The Hall–Kier alpha value is -2.69. The number of aromatic nitrogens is 2. The minimum atomic E-state index is -3.76. The highest BCUT2D eigenvalue weighted by molar-refractivity contribution is 7.90. The number of methoxy groups -OCH3 is 3. The first-order valence-electron chi connectivity index (χ1n) is 9.62. The third-order valence-electron chi connectivity index (χ3n) is 4.51. The number of benzene rings is 1. The van der Waals surface area contributed by atoms with Crippen LogP contribution in [0.1, 0.15) is 11.3 Å². The maximum atomic E-state index is 13.2. The molecule has 0 spiro atoms. The molecule has 10 heteroatoms. The summed E-state index contributed by atoms with van der Waals surface area (Å²) in [6.07, 6.45) is 3.08. The normalized spacial score (nSPS) is 11.3. The van der Waals surface area contributed by atoms with Gasteiger partial charge in [0.25, 0.3) is 0 Å². The minimum absolute atomic E-state index is 0.0693. The van der Waals surface area contributed by atoms with Crippen molar-refractivity contribution < 1.29 is 27.4 Å². The number of ether oxygens (including phenoxy) is 3. The molecule has 9 nitrogen and oxygen atoms in total. The molecule has 1 amide bonds. The van der Waals surface area contributed by atoms with Crippen LogP contribution in [0.3, 0.4) is 0 Å². The lowest BCUT2D eigenvalue weighted by Gasteiger charge is -2.22. The summed E-state index contributed by atoms with van der Waals surface area (Å²) in [6.45, 7) is 4.62. The fourth-order valence-electron chi connectivity index (χ4n) is 3.06. The van der Waals surface area contributed by atoms with Gasteiger partial charge in [-0.05, 0) is 17.7 Å². The fourth-order valence-corrected chi connectivity index (χ4v) is 4.56. The summed E-state index contributed by atoms with van der Waals surface area (Å²) >= 11 is 0. The van der Waals surface area contributed by atoms with E-state index in [1.54, 1.807) is 34.9 Å². The van der Waals surface area contributed by atoms with E-state index in [1.165, 1.54) is 32.4 Å². The Labute approximate surface area is 183 Å². The maximum absolute atomic E-state index is 13.2. The quantitative estimate of drug-likeness (QED) is 0.427. The largest absolute Gasteiger partial charge is 0.497 e. The van der Waals surface area contributed by atoms with Gasteiger partial charge in [0.2, 0.25) is 20.9 Å². The number of nitrogens with zero attached hydrogens (tertiary/aromatic N) is 3. The monoisotopic (exact) mass is 451 g/mol. The van der Waals surface area contributed by atoms with E-state index in [9.17, 15) is 13.2 Å². The van der Waals surface area contributed by atoms with Crippen LogP contribution in [-0.2, 0) is 42.9 Å². The van der Waals surface area contributed by atoms with Crippen molar-refractivity contribution in [2.24, 2.45) is 0 Å². The molecule has 0 radical (unpaired) electrons. The molecule has 2 aromatic rings. The molecule has 31 heavy (non-hydrogen) atoms. The number of amides is 1. The topological polar surface area (TPSA) is 100.0 Å². The van der Waals surface area contributed by atoms with Crippen molar-refractivity contribution in [3.05, 3.63) is 54.4 Å². The minimum Gasteiger partial charge on any atom is -0.497 e. The highest BCUT2D eigenvalue weighted by Gasteiger charge is 2.25. The predicted octanol–water partition coefficient (Wildman–Crippen LogP) is 1.67. The van der Waals surface area contributed by atoms with Crippen LogP contribution in [0.5, 0.6) is 5.75 Å². The summed E-state index contributed by atoms with van der Waals surface area (Å²) < 4.78 is 43.2. The molecule has 0 fully saturated rings. The molecule has 170 valence electrons. The van der Waals surface area contributed by atoms with Crippen molar-refractivity contribution in [3.63, 3.8) is 0 Å². The average Bonchev–Trinajstić information content (AvgIpc) is 3.15. The van der Waals surface area contributed by atoms with E-state index in [1.807, 2.05) is 0 Å². The molecule has 2 rings (SSSR count). The van der Waals surface area contributed by atoms with E-state index in [4.69, 9.17) is 14.2 Å². The van der Waals surface area contributed by atoms with Crippen molar-refractivity contribution >= 4 is 15.7 Å². The van der Waals surface area contributed by atoms with Crippen LogP contribution >= 0.6 is 0 Å². The number of imidazole rings is 1. The van der Waals surface area contributed by atoms with Gasteiger partial charge in [-0.2, -0.15) is 0 Å². The molecule has 0 unspecified atom stereocenters. The van der Waals surface area contributed by atoms with Gasteiger partial charge in [-0.3, -0.25) is 4.79 Å². The Morgan fingerprint density at radius 3 is 2.68 bits per heavy atom. The van der Waals surface area contributed by atoms with Crippen LogP contribution in [-0.4, -0.2) is 69.9 Å². The number of carbonyl (C=O) groups excluding carboxylic acids is 1. The lowest BCUT2D eigenvalue weighted by Crippen LogP contribution is -2.34. The summed E-state index contributed by atoms with van der Waals surface area (Å²) in [5, 5.41) is -0.0693. The van der Waals surface area contributed by atoms with E-state index in [2.05, 4.69) is 11.6 Å². The molecule has 0 aliphatic carbocycles. The van der Waals surface area contributed by atoms with Crippen LogP contribution in [0.2, 0.25) is 0 Å². The van der Waals surface area contributed by atoms with E-state index >= 15 is 0 Å². The second-order valence-corrected chi connectivity index (χ2v) is 8.67. The molecular weight excluding hydrogens is 422 g/mol. The predicted molar refractivity (Wildman–Crippen MR) is 115 cm³/mol. The van der Waals surface area contributed by atoms with E-state index in [0.717, 1.165) is 0 Å². The van der Waals surface area contributed by atoms with Crippen molar-refractivity contribution in [1.29, 1.82) is 0 Å². The molecule has 1 aromatic heterocycles. The molecule has 0 N–H and O–H groups in total. The van der Waals surface area contributed by atoms with Gasteiger partial charge in [0.1, 0.15) is 12.4 Å². The number of rotatable bonds is 13. The summed E-state index contributed by atoms with van der Waals surface area (Å²) in [4.78, 5) is 18.1. The van der Waals surface area contributed by atoms with E-state index in [-0.39, 0.29) is 36.5 Å². The molecule has 0 aliphatic heterocycles. The molecule has 0 saturated carbocycles. The van der Waals surface area contributed by atoms with Gasteiger partial charge in [0.05, 0.1) is 37.9 Å². The zero-order valence-electron chi connectivity index (χ0n) is 18.1. The Bertz CT molecular complexity index is 987. The lowest BCUT2D eigenvalue weighted by atomic mass is 10.2. The van der Waals surface area contributed by atoms with Crippen LogP contribution in [0.15, 0.2) is 48.3 Å². The van der Waals surface area contributed by atoms with Crippen molar-refractivity contribution in [3.8, 4) is 5.75 Å². The summed E-state index contributed by atoms with van der Waals surface area (Å²) in [7, 11) is 0.736. The van der Waals surface area contributed by atoms with E-state index < -0.39 is 9.84 Å². The third kappa shape index (κ3) is 6.65. The van der Waals surface area contributed by atoms with Crippen LogP contribution in [0, 0.1) is 0 Å². The molecular formula is C21H29N3O6S. The molecule has 0 saturated heterocycles. The number of hydrogen-bond donors (Lipinski definition) is 0. The summed E-state index contributed by atoms with van der Waals surface area (Å²) in [5.74, 6) is 0.114. The zero-order chi connectivity index (χ0) is 22.9. The molecule has 1 aromatic carbocycles. The Morgan fingerprint density at radius 1 is 1.26 bits per heavy atom. The Morgan fingerprint density at radius 2 is 2.03 bits per heavy atom. The summed E-state index contributed by atoms with van der Waals surface area (Å²) in [5.41, 5.74) is 1.17. The smallest absolute Gasteiger partial charge is 0.249 e. The molecule has 0 atom stereocenters. The van der Waals surface area contributed by atoms with Gasteiger partial charge in [-0.15, -0.1) is 6.58 Å². The Kier molecular flexibility index (Phi) is 9.22. The van der Waals surface area contributed by atoms with Crippen LogP contribution < -0.4 is 4.74 Å². The van der Waals surface area contributed by atoms with Crippen molar-refractivity contribution in [2.45, 2.75) is 24.0 Å². The average molecular weight is 452 g/mol. The molecule has 0 aliphatic rings. The zero-order valence-corrected chi connectivity index (χ0v) is 18.9. The van der Waals surface area contributed by atoms with Gasteiger partial charge >= 0.3 is 0 Å². The highest BCUT2D eigenvalue weighted by atomic mass is 32.2. The van der Waals surface area contributed by atoms with Gasteiger partial charge in [0.15, 0.2) is 0 Å². The molecule has 0 bridgehead atoms. The summed E-state index contributed by atoms with van der Waals surface area (Å²) in [6, 6.07) is 6.88. The first-order chi connectivity index (χ1) is 14.9. The van der Waals surface area contributed by atoms with Crippen molar-refractivity contribution in [2.75, 3.05) is 41.1 Å². The van der Waals surface area contributed by atoms with Crippen LogP contribution in [0.4, 0.5) is 0 Å². The highest BCUT2D eigenvalue weighted by Crippen LogP contribution is 2.21. The number of carbonyl (C=O) groups is 1. The fraction of sp³-hybridized carbons (Fsp3) is 0.429. The van der Waals surface area contributed by atoms with Gasteiger partial charge in [-0.1, -0.05) is 18.2 Å². The standard InChI is InChI=1S/C21H29N3O6S/c1-5-9-23(20(25)15-29-3)14-18-13-22-21(24(18)10-11-28-2)31(26,27)16-17-7-6-8-19(12-17)30-4/h5-8,12-13H,1,9-11,14-16H2,2-4H3. The van der Waals surface area contributed by atoms with Crippen molar-refractivity contribution in [1.82, 2.24) is 14.5 Å². The second-order valence-electron chi connectivity index (χ2n) is 6.78. The lowest BCUT2D eigenvalue weighted by molar-refractivity contribution is -0.135. The Balaban J connectivity index is 2.37. The first-order valence-corrected chi connectivity index (χ1v) is 11.3. The van der Waals surface area contributed by atoms with Gasteiger partial charge < -0.3 is 23.7 Å². The van der Waals surface area contributed by atoms with E-state index in [0.29, 0.717) is 30.2 Å². The number of sulfone groups is 1.